The SMILES string of the molecule is COC(=O)c1sc(NC(=O)CSc2ncnc3sc4c(c23)CC[C@@H](C)C4)nc1C. The number of nitrogens with zero attached hydrogens (tertiary/aromatic N) is 3. The highest BCUT2D eigenvalue weighted by Gasteiger charge is 2.23. The van der Waals surface area contributed by atoms with E-state index in [0.717, 1.165) is 39.4 Å². The monoisotopic (exact) mass is 448 g/mol. The van der Waals surface area contributed by atoms with Gasteiger partial charge < -0.3 is 10.1 Å². The zero-order chi connectivity index (χ0) is 20.5. The van der Waals surface area contributed by atoms with Crippen LogP contribution in [0.25, 0.3) is 10.2 Å². The van der Waals surface area contributed by atoms with E-state index < -0.39 is 5.97 Å². The zero-order valence-electron chi connectivity index (χ0n) is 16.3. The molecule has 0 spiro atoms. The maximum atomic E-state index is 12.4. The van der Waals surface area contributed by atoms with Crippen molar-refractivity contribution in [2.75, 3.05) is 18.2 Å². The van der Waals surface area contributed by atoms with Crippen molar-refractivity contribution in [3.05, 3.63) is 27.3 Å². The minimum atomic E-state index is -0.449. The molecule has 0 aromatic carbocycles. The quantitative estimate of drug-likeness (QED) is 0.357. The van der Waals surface area contributed by atoms with Crippen LogP contribution in [-0.4, -0.2) is 39.7 Å². The Hall–Kier alpha value is -2.04. The predicted molar refractivity (Wildman–Crippen MR) is 116 cm³/mol. The van der Waals surface area contributed by atoms with Crippen molar-refractivity contribution in [3.63, 3.8) is 0 Å². The summed E-state index contributed by atoms with van der Waals surface area (Å²) in [5.41, 5.74) is 1.89. The Morgan fingerprint density at radius 2 is 2.17 bits per heavy atom. The minimum absolute atomic E-state index is 0.190. The molecule has 3 aromatic rings. The lowest BCUT2D eigenvalue weighted by Gasteiger charge is -2.18. The van der Waals surface area contributed by atoms with Crippen LogP contribution >= 0.6 is 34.4 Å². The van der Waals surface area contributed by atoms with E-state index in [4.69, 9.17) is 4.74 Å². The fraction of sp³-hybridized carbons (Fsp3) is 0.421. The lowest BCUT2D eigenvalue weighted by atomic mass is 9.89. The van der Waals surface area contributed by atoms with Crippen LogP contribution < -0.4 is 5.32 Å². The Kier molecular flexibility index (Phi) is 5.84. The number of aromatic nitrogens is 3. The first-order valence-corrected chi connectivity index (χ1v) is 11.8. The van der Waals surface area contributed by atoms with E-state index in [0.29, 0.717) is 21.6 Å². The topological polar surface area (TPSA) is 94.1 Å². The van der Waals surface area contributed by atoms with E-state index >= 15 is 0 Å². The Bertz CT molecular complexity index is 1090. The van der Waals surface area contributed by atoms with E-state index in [2.05, 4.69) is 27.2 Å². The van der Waals surface area contributed by atoms with Gasteiger partial charge in [0, 0.05) is 10.3 Å². The van der Waals surface area contributed by atoms with Gasteiger partial charge >= 0.3 is 5.97 Å². The fourth-order valence-electron chi connectivity index (χ4n) is 3.38. The first kappa shape index (κ1) is 20.2. The minimum Gasteiger partial charge on any atom is -0.465 e. The lowest BCUT2D eigenvalue weighted by molar-refractivity contribution is -0.113. The van der Waals surface area contributed by atoms with Gasteiger partial charge in [0.1, 0.15) is 21.1 Å². The molecule has 0 unspecified atom stereocenters. The van der Waals surface area contributed by atoms with Gasteiger partial charge in [-0.2, -0.15) is 0 Å². The number of ether oxygens (including phenoxy) is 1. The Balaban J connectivity index is 1.47. The van der Waals surface area contributed by atoms with Crippen LogP contribution in [0, 0.1) is 12.8 Å². The van der Waals surface area contributed by atoms with E-state index in [9.17, 15) is 9.59 Å². The van der Waals surface area contributed by atoms with Gasteiger partial charge in [0.2, 0.25) is 5.91 Å². The third-order valence-electron chi connectivity index (χ3n) is 4.81. The number of anilines is 1. The number of amides is 1. The first-order chi connectivity index (χ1) is 14.0. The van der Waals surface area contributed by atoms with Crippen molar-refractivity contribution in [2.45, 2.75) is 38.1 Å². The van der Waals surface area contributed by atoms with Gasteiger partial charge in [0.25, 0.3) is 0 Å². The van der Waals surface area contributed by atoms with Crippen molar-refractivity contribution < 1.29 is 14.3 Å². The Morgan fingerprint density at radius 1 is 1.34 bits per heavy atom. The molecular formula is C19H20N4O3S3. The number of rotatable bonds is 5. The summed E-state index contributed by atoms with van der Waals surface area (Å²) < 4.78 is 4.73. The zero-order valence-corrected chi connectivity index (χ0v) is 18.7. The normalized spacial score (nSPS) is 15.9. The second-order valence-electron chi connectivity index (χ2n) is 6.97. The summed E-state index contributed by atoms with van der Waals surface area (Å²) in [5.74, 6) is 0.265. The number of carbonyl (C=O) groups excluding carboxylic acids is 2. The van der Waals surface area contributed by atoms with Gasteiger partial charge in [0.05, 0.1) is 18.6 Å². The first-order valence-electron chi connectivity index (χ1n) is 9.20. The predicted octanol–water partition coefficient (Wildman–Crippen LogP) is 4.10. The number of hydrogen-bond donors (Lipinski definition) is 1. The number of methoxy groups -OCH3 is 1. The van der Waals surface area contributed by atoms with Crippen molar-refractivity contribution in [2.24, 2.45) is 5.92 Å². The maximum absolute atomic E-state index is 12.4. The molecule has 0 aliphatic heterocycles. The van der Waals surface area contributed by atoms with Crippen LogP contribution in [0.3, 0.4) is 0 Å². The third kappa shape index (κ3) is 4.15. The van der Waals surface area contributed by atoms with Gasteiger partial charge in [0.15, 0.2) is 5.13 Å². The molecular weight excluding hydrogens is 428 g/mol. The van der Waals surface area contributed by atoms with Crippen LogP contribution in [0.5, 0.6) is 0 Å². The summed E-state index contributed by atoms with van der Waals surface area (Å²) in [6, 6.07) is 0. The summed E-state index contributed by atoms with van der Waals surface area (Å²) >= 11 is 4.27. The summed E-state index contributed by atoms with van der Waals surface area (Å²) in [4.78, 5) is 40.0. The van der Waals surface area contributed by atoms with Gasteiger partial charge in [-0.3, -0.25) is 4.79 Å². The third-order valence-corrected chi connectivity index (χ3v) is 8.02. The van der Waals surface area contributed by atoms with Crippen LogP contribution in [0.1, 0.15) is 39.2 Å². The van der Waals surface area contributed by atoms with Crippen molar-refractivity contribution in [1.82, 2.24) is 15.0 Å². The number of carbonyl (C=O) groups is 2. The lowest BCUT2D eigenvalue weighted by Crippen LogP contribution is -2.14. The molecule has 3 aromatic heterocycles. The number of thiazole rings is 1. The Labute approximate surface area is 180 Å². The number of thioether (sulfide) groups is 1. The van der Waals surface area contributed by atoms with Gasteiger partial charge in [-0.1, -0.05) is 30.0 Å². The van der Waals surface area contributed by atoms with Crippen LogP contribution in [0.2, 0.25) is 0 Å². The Morgan fingerprint density at radius 3 is 2.97 bits per heavy atom. The van der Waals surface area contributed by atoms with Gasteiger partial charge in [-0.25, -0.2) is 19.7 Å². The van der Waals surface area contributed by atoms with Crippen LogP contribution in [0.15, 0.2) is 11.4 Å². The van der Waals surface area contributed by atoms with E-state index in [1.165, 1.54) is 35.7 Å². The number of nitrogens with one attached hydrogen (secondary N) is 1. The van der Waals surface area contributed by atoms with Crippen LogP contribution in [0.4, 0.5) is 5.13 Å². The second kappa shape index (κ2) is 8.37. The fourth-order valence-corrected chi connectivity index (χ4v) is 6.52. The molecule has 10 heteroatoms. The molecule has 0 saturated carbocycles. The molecule has 0 bridgehead atoms. The average molecular weight is 449 g/mol. The maximum Gasteiger partial charge on any atom is 0.350 e. The number of hydrogen-bond acceptors (Lipinski definition) is 9. The van der Waals surface area contributed by atoms with Crippen LogP contribution in [-0.2, 0) is 22.4 Å². The molecule has 3 heterocycles. The highest BCUT2D eigenvalue weighted by molar-refractivity contribution is 8.00. The number of esters is 1. The van der Waals surface area contributed by atoms with Crippen molar-refractivity contribution in [3.8, 4) is 0 Å². The van der Waals surface area contributed by atoms with Crippen molar-refractivity contribution in [1.29, 1.82) is 0 Å². The molecule has 1 aliphatic rings. The summed E-state index contributed by atoms with van der Waals surface area (Å²) in [6.45, 7) is 4.00. The smallest absolute Gasteiger partial charge is 0.350 e. The molecule has 29 heavy (non-hydrogen) atoms. The standard InChI is InChI=1S/C19H20N4O3S3/c1-9-4-5-11-12(6-9)28-17-14(11)16(20-8-21-17)27-7-13(24)23-19-22-10(2)15(29-19)18(25)26-3/h8-9H,4-7H2,1-3H3,(H,22,23,24)/t9-/m1/s1. The van der Waals surface area contributed by atoms with Crippen molar-refractivity contribution >= 4 is 61.7 Å². The highest BCUT2D eigenvalue weighted by Crippen LogP contribution is 2.40. The summed E-state index contributed by atoms with van der Waals surface area (Å²) in [6.07, 6.45) is 4.87. The summed E-state index contributed by atoms with van der Waals surface area (Å²) in [7, 11) is 1.32. The van der Waals surface area contributed by atoms with E-state index in [1.807, 2.05) is 0 Å². The molecule has 1 N–H and O–H groups in total. The molecule has 0 fully saturated rings. The number of aryl methyl sites for hydroxylation is 2. The van der Waals surface area contributed by atoms with Gasteiger partial charge in [-0.15, -0.1) is 11.3 Å². The molecule has 1 atom stereocenters. The molecule has 0 radical (unpaired) electrons. The average Bonchev–Trinajstić information content (AvgIpc) is 3.25. The van der Waals surface area contributed by atoms with Gasteiger partial charge in [-0.05, 0) is 37.7 Å². The second-order valence-corrected chi connectivity index (χ2v) is 10.0. The number of fused-ring (bicyclic) bond motifs is 3. The molecule has 152 valence electrons. The highest BCUT2D eigenvalue weighted by atomic mass is 32.2. The molecule has 7 nitrogen and oxygen atoms in total. The van der Waals surface area contributed by atoms with E-state index in [-0.39, 0.29) is 11.7 Å². The number of thiophene rings is 1. The molecule has 4 rings (SSSR count). The van der Waals surface area contributed by atoms with E-state index in [1.54, 1.807) is 24.6 Å². The molecule has 0 saturated heterocycles. The largest absolute Gasteiger partial charge is 0.465 e. The molecule has 1 amide bonds. The molecule has 1 aliphatic carbocycles. The summed E-state index contributed by atoms with van der Waals surface area (Å²) in [5, 5.41) is 5.11.